The van der Waals surface area contributed by atoms with Gasteiger partial charge in [0.25, 0.3) is 0 Å². The summed E-state index contributed by atoms with van der Waals surface area (Å²) in [5.74, 6) is 1.34. The number of ether oxygens (including phenoxy) is 6. The average Bonchev–Trinajstić information content (AvgIpc) is 3.53. The molecule has 0 aromatic carbocycles. The molecule has 4 aliphatic carbocycles. The van der Waals surface area contributed by atoms with Crippen LogP contribution in [0, 0.1) is 40.4 Å². The summed E-state index contributed by atoms with van der Waals surface area (Å²) in [6.45, 7) is 13.1. The van der Waals surface area contributed by atoms with E-state index in [0.29, 0.717) is 43.1 Å². The molecule has 0 amide bonds. The van der Waals surface area contributed by atoms with Gasteiger partial charge in [-0.3, -0.25) is 0 Å². The highest BCUT2D eigenvalue weighted by molar-refractivity contribution is 5.29. The lowest BCUT2D eigenvalue weighted by molar-refractivity contribution is -0.362. The Kier molecular flexibility index (Phi) is 9.22. The van der Waals surface area contributed by atoms with Gasteiger partial charge in [0.1, 0.15) is 36.6 Å². The second kappa shape index (κ2) is 12.8. The maximum atomic E-state index is 11.1. The number of aliphatic hydroxyl groups is 6. The van der Waals surface area contributed by atoms with Gasteiger partial charge in [0, 0.05) is 24.2 Å². The molecule has 8 rings (SSSR count). The summed E-state index contributed by atoms with van der Waals surface area (Å²) in [5, 5.41) is 64.1. The van der Waals surface area contributed by atoms with E-state index in [1.54, 1.807) is 6.92 Å². The van der Waals surface area contributed by atoms with Crippen molar-refractivity contribution in [3.8, 4) is 0 Å². The van der Waals surface area contributed by atoms with Crippen LogP contribution in [0.4, 0.5) is 0 Å². The zero-order valence-electron chi connectivity index (χ0n) is 29.8. The predicted molar refractivity (Wildman–Crippen MR) is 177 cm³/mol. The monoisotopic (exact) mass is 706 g/mol. The van der Waals surface area contributed by atoms with Gasteiger partial charge < -0.3 is 59.1 Å². The molecule has 7 fully saturated rings. The molecule has 0 aromatic rings. The molecule has 12 nitrogen and oxygen atoms in total. The van der Waals surface area contributed by atoms with E-state index in [0.717, 1.165) is 44.1 Å². The van der Waals surface area contributed by atoms with Crippen LogP contribution in [0.25, 0.3) is 0 Å². The van der Waals surface area contributed by atoms with Gasteiger partial charge in [-0.2, -0.15) is 0 Å². The molecule has 0 bridgehead atoms. The SMILES string of the molecule is C=C1CC[C@@]2(OC1)O[C@H]1C[C@@H]3[C@@H]4CC=C5C[C@@H](O)C[C@@H](O[C@@H]6OC[C@H](O)[C@H](O)[C@H]6O[C@@H]6O[C@@H](C)[C@H](O)[C@@H](O)[C@H]6O)[C@]5(C)[C@H]4CC[C@]3(C)[C@H]1[C@@H]2C. The van der Waals surface area contributed by atoms with Crippen LogP contribution in [0.1, 0.15) is 79.1 Å². The zero-order valence-corrected chi connectivity index (χ0v) is 29.8. The molecule has 50 heavy (non-hydrogen) atoms. The summed E-state index contributed by atoms with van der Waals surface area (Å²) in [4.78, 5) is 0. The Balaban J connectivity index is 1.04. The maximum Gasteiger partial charge on any atom is 0.187 e. The summed E-state index contributed by atoms with van der Waals surface area (Å²) < 4.78 is 37.9. The van der Waals surface area contributed by atoms with Gasteiger partial charge in [-0.05, 0) is 74.5 Å². The normalized spacial score (nSPS) is 57.8. The third-order valence-electron chi connectivity index (χ3n) is 15.0. The molecule has 6 N–H and O–H groups in total. The van der Waals surface area contributed by atoms with Crippen molar-refractivity contribution in [1.29, 1.82) is 0 Å². The van der Waals surface area contributed by atoms with Gasteiger partial charge in [0.05, 0.1) is 37.6 Å². The lowest BCUT2D eigenvalue weighted by Crippen LogP contribution is -2.63. The van der Waals surface area contributed by atoms with Gasteiger partial charge in [-0.15, -0.1) is 0 Å². The smallest absolute Gasteiger partial charge is 0.187 e. The van der Waals surface area contributed by atoms with Crippen LogP contribution < -0.4 is 0 Å². The highest BCUT2D eigenvalue weighted by atomic mass is 16.8. The van der Waals surface area contributed by atoms with Crippen LogP contribution in [-0.2, 0) is 28.4 Å². The van der Waals surface area contributed by atoms with Crippen molar-refractivity contribution in [3.63, 3.8) is 0 Å². The lowest BCUT2D eigenvalue weighted by atomic mass is 9.46. The second-order valence-electron chi connectivity index (χ2n) is 17.5. The van der Waals surface area contributed by atoms with Crippen molar-refractivity contribution in [3.05, 3.63) is 23.8 Å². The molecule has 3 saturated carbocycles. The fraction of sp³-hybridized carbons (Fsp3) is 0.895. The first-order chi connectivity index (χ1) is 23.7. The van der Waals surface area contributed by atoms with Crippen LogP contribution >= 0.6 is 0 Å². The topological polar surface area (TPSA) is 177 Å². The van der Waals surface area contributed by atoms with Crippen LogP contribution in [0.15, 0.2) is 23.8 Å². The molecule has 0 radical (unpaired) electrons. The number of aliphatic hydroxyl groups excluding tert-OH is 6. The minimum absolute atomic E-state index is 0.112. The molecule has 1 spiro atoms. The largest absolute Gasteiger partial charge is 0.393 e. The average molecular weight is 707 g/mol. The van der Waals surface area contributed by atoms with Crippen molar-refractivity contribution in [2.24, 2.45) is 40.4 Å². The molecule has 12 heteroatoms. The van der Waals surface area contributed by atoms with Gasteiger partial charge in [-0.25, -0.2) is 0 Å². The van der Waals surface area contributed by atoms with E-state index < -0.39 is 78.7 Å². The highest BCUT2D eigenvalue weighted by Crippen LogP contribution is 2.71. The van der Waals surface area contributed by atoms with E-state index >= 15 is 0 Å². The fourth-order valence-electron chi connectivity index (χ4n) is 12.2. The first-order valence-electron chi connectivity index (χ1n) is 19.0. The number of allylic oxidation sites excluding steroid dienone is 1. The summed E-state index contributed by atoms with van der Waals surface area (Å²) >= 11 is 0. The Bertz CT molecular complexity index is 1330. The number of hydrogen-bond donors (Lipinski definition) is 6. The van der Waals surface area contributed by atoms with Crippen molar-refractivity contribution in [1.82, 2.24) is 0 Å². The van der Waals surface area contributed by atoms with Crippen molar-refractivity contribution >= 4 is 0 Å². The third-order valence-corrected chi connectivity index (χ3v) is 15.0. The zero-order chi connectivity index (χ0) is 35.5. The van der Waals surface area contributed by atoms with E-state index in [1.807, 2.05) is 0 Å². The van der Waals surface area contributed by atoms with Crippen molar-refractivity contribution in [2.45, 2.75) is 158 Å². The molecule has 4 saturated heterocycles. The standard InChI is InChI=1S/C38H58O12/c1-17-8-11-38(46-15-17)18(2)28-26(50-38)14-24-22-7-6-20-12-21(39)13-27(37(20,5)23(22)9-10-36(24,28)4)48-35-33(30(42)25(40)16-45-35)49-34-32(44)31(43)29(41)19(3)47-34/h6,18-19,21-35,39-44H,1,7-16H2,2-5H3/t18-,19-,21+,22+,23-,24+,25-,26-,27+,28-,29-,30-,31+,32+,33+,34-,35-,36-,37-,38+/m0/s1. The summed E-state index contributed by atoms with van der Waals surface area (Å²) in [6.07, 6.45) is -3.73. The first-order valence-corrected chi connectivity index (χ1v) is 19.0. The molecule has 8 aliphatic rings. The summed E-state index contributed by atoms with van der Waals surface area (Å²) in [6, 6.07) is 0. The van der Waals surface area contributed by atoms with Crippen LogP contribution in [0.3, 0.4) is 0 Å². The van der Waals surface area contributed by atoms with E-state index in [2.05, 4.69) is 33.4 Å². The molecular formula is C38H58O12. The molecule has 0 aromatic heterocycles. The van der Waals surface area contributed by atoms with E-state index in [-0.39, 0.29) is 24.0 Å². The minimum atomic E-state index is -1.61. The number of hydrogen-bond acceptors (Lipinski definition) is 12. The molecule has 282 valence electrons. The number of fused-ring (bicyclic) bond motifs is 7. The molecule has 20 atom stereocenters. The van der Waals surface area contributed by atoms with Gasteiger partial charge in [0.2, 0.25) is 0 Å². The van der Waals surface area contributed by atoms with Crippen LogP contribution in [0.2, 0.25) is 0 Å². The lowest BCUT2D eigenvalue weighted by Gasteiger charge is -2.60. The van der Waals surface area contributed by atoms with Gasteiger partial charge in [-0.1, -0.05) is 44.6 Å². The fourth-order valence-corrected chi connectivity index (χ4v) is 12.2. The maximum absolute atomic E-state index is 11.1. The predicted octanol–water partition coefficient (Wildman–Crippen LogP) is 1.92. The van der Waals surface area contributed by atoms with Gasteiger partial charge >= 0.3 is 0 Å². The number of rotatable bonds is 4. The van der Waals surface area contributed by atoms with E-state index in [4.69, 9.17) is 28.4 Å². The van der Waals surface area contributed by atoms with Crippen molar-refractivity contribution in [2.75, 3.05) is 13.2 Å². The van der Waals surface area contributed by atoms with Gasteiger partial charge in [0.15, 0.2) is 18.4 Å². The van der Waals surface area contributed by atoms with E-state index in [9.17, 15) is 30.6 Å². The molecule has 0 unspecified atom stereocenters. The van der Waals surface area contributed by atoms with Crippen LogP contribution in [-0.4, -0.2) is 123 Å². The Morgan fingerprint density at radius 3 is 2.42 bits per heavy atom. The molecule has 4 aliphatic heterocycles. The Hall–Kier alpha value is -1.00. The molecule has 4 heterocycles. The van der Waals surface area contributed by atoms with E-state index in [1.165, 1.54) is 5.57 Å². The Labute approximate surface area is 294 Å². The second-order valence-corrected chi connectivity index (χ2v) is 17.5. The summed E-state index contributed by atoms with van der Waals surface area (Å²) in [7, 11) is 0. The first kappa shape index (κ1) is 36.0. The quantitative estimate of drug-likeness (QED) is 0.235. The van der Waals surface area contributed by atoms with Crippen LogP contribution in [0.5, 0.6) is 0 Å². The Morgan fingerprint density at radius 2 is 1.68 bits per heavy atom. The summed E-state index contributed by atoms with van der Waals surface area (Å²) in [5.41, 5.74) is 2.01. The minimum Gasteiger partial charge on any atom is -0.393 e. The van der Waals surface area contributed by atoms with Crippen molar-refractivity contribution < 1.29 is 59.1 Å². The molecular weight excluding hydrogens is 648 g/mol. The highest BCUT2D eigenvalue weighted by Gasteiger charge is 2.69. The Morgan fingerprint density at radius 1 is 0.900 bits per heavy atom. The third kappa shape index (κ3) is 5.38.